The van der Waals surface area contributed by atoms with Gasteiger partial charge in [0.05, 0.1) is 5.92 Å². The van der Waals surface area contributed by atoms with Crippen LogP contribution in [0.3, 0.4) is 0 Å². The molecule has 3 nitrogen and oxygen atoms in total. The van der Waals surface area contributed by atoms with Crippen molar-refractivity contribution >= 4 is 5.97 Å². The zero-order valence-corrected chi connectivity index (χ0v) is 12.8. The zero-order valence-electron chi connectivity index (χ0n) is 12.8. The summed E-state index contributed by atoms with van der Waals surface area (Å²) in [5.41, 5.74) is 0.218. The van der Waals surface area contributed by atoms with Crippen LogP contribution in [0.15, 0.2) is 12.1 Å². The third-order valence-corrected chi connectivity index (χ3v) is 4.32. The van der Waals surface area contributed by atoms with Gasteiger partial charge < -0.3 is 5.11 Å². The van der Waals surface area contributed by atoms with Gasteiger partial charge in [0.15, 0.2) is 0 Å². The minimum absolute atomic E-state index is 0.0312. The summed E-state index contributed by atoms with van der Waals surface area (Å²) in [4.78, 5) is 13.5. The molecule has 0 bridgehead atoms. The van der Waals surface area contributed by atoms with Crippen LogP contribution >= 0.6 is 0 Å². The number of halogens is 2. The summed E-state index contributed by atoms with van der Waals surface area (Å²) in [5, 5.41) is 9.41. The van der Waals surface area contributed by atoms with Gasteiger partial charge in [-0.05, 0) is 45.4 Å². The highest BCUT2D eigenvalue weighted by Crippen LogP contribution is 2.37. The molecule has 116 valence electrons. The highest BCUT2D eigenvalue weighted by molar-refractivity contribution is 5.72. The Labute approximate surface area is 123 Å². The fraction of sp³-hybridized carbons (Fsp3) is 0.562. The molecule has 1 saturated heterocycles. The molecule has 0 spiro atoms. The van der Waals surface area contributed by atoms with Crippen molar-refractivity contribution in [1.82, 2.24) is 4.90 Å². The van der Waals surface area contributed by atoms with Gasteiger partial charge in [0, 0.05) is 30.1 Å². The molecule has 1 aromatic rings. The van der Waals surface area contributed by atoms with Crippen molar-refractivity contribution in [1.29, 1.82) is 0 Å². The summed E-state index contributed by atoms with van der Waals surface area (Å²) >= 11 is 0. The molecule has 1 aliphatic heterocycles. The van der Waals surface area contributed by atoms with Crippen LogP contribution in [0.1, 0.15) is 37.8 Å². The number of aliphatic carboxylic acids is 1. The first-order valence-corrected chi connectivity index (χ1v) is 7.04. The second kappa shape index (κ2) is 5.37. The monoisotopic (exact) mass is 297 g/mol. The lowest BCUT2D eigenvalue weighted by molar-refractivity contribution is -0.141. The van der Waals surface area contributed by atoms with Crippen LogP contribution in [0.25, 0.3) is 0 Å². The molecule has 0 amide bonds. The Morgan fingerprint density at radius 2 is 1.76 bits per heavy atom. The summed E-state index contributed by atoms with van der Waals surface area (Å²) < 4.78 is 27.5. The van der Waals surface area contributed by atoms with E-state index in [2.05, 4.69) is 0 Å². The summed E-state index contributed by atoms with van der Waals surface area (Å²) in [5.74, 6) is -3.21. The predicted octanol–water partition coefficient (Wildman–Crippen LogP) is 3.17. The Morgan fingerprint density at radius 1 is 1.24 bits per heavy atom. The maximum absolute atomic E-state index is 13.8. The van der Waals surface area contributed by atoms with Gasteiger partial charge in [-0.1, -0.05) is 0 Å². The lowest BCUT2D eigenvalue weighted by Gasteiger charge is -2.31. The van der Waals surface area contributed by atoms with E-state index in [0.717, 1.165) is 0 Å². The van der Waals surface area contributed by atoms with E-state index in [1.807, 2.05) is 25.7 Å². The SMILES string of the molecule is Cc1c(F)cc(C2CN(C(C)(C)C)CC2C(=O)O)cc1F. The number of carboxylic acid groups (broad SMARTS) is 1. The van der Waals surface area contributed by atoms with Crippen molar-refractivity contribution in [2.45, 2.75) is 39.2 Å². The summed E-state index contributed by atoms with van der Waals surface area (Å²) in [7, 11) is 0. The molecule has 1 fully saturated rings. The van der Waals surface area contributed by atoms with Crippen LogP contribution in [-0.4, -0.2) is 34.6 Å². The smallest absolute Gasteiger partial charge is 0.308 e. The number of benzene rings is 1. The molecule has 1 heterocycles. The number of nitrogens with zero attached hydrogens (tertiary/aromatic N) is 1. The van der Waals surface area contributed by atoms with Gasteiger partial charge in [-0.25, -0.2) is 8.78 Å². The molecule has 1 aliphatic rings. The molecule has 2 unspecified atom stereocenters. The second-order valence-corrected chi connectivity index (χ2v) is 6.74. The van der Waals surface area contributed by atoms with Gasteiger partial charge in [-0.2, -0.15) is 0 Å². The second-order valence-electron chi connectivity index (χ2n) is 6.74. The highest BCUT2D eigenvalue weighted by atomic mass is 19.1. The Kier molecular flexibility index (Phi) is 4.06. The van der Waals surface area contributed by atoms with Gasteiger partial charge in [0.1, 0.15) is 11.6 Å². The molecular weight excluding hydrogens is 276 g/mol. The van der Waals surface area contributed by atoms with Gasteiger partial charge >= 0.3 is 5.97 Å². The Hall–Kier alpha value is -1.49. The van der Waals surface area contributed by atoms with Gasteiger partial charge in [0.2, 0.25) is 0 Å². The Morgan fingerprint density at radius 3 is 2.19 bits per heavy atom. The molecule has 0 aromatic heterocycles. The molecule has 0 saturated carbocycles. The van der Waals surface area contributed by atoms with Crippen LogP contribution in [0.2, 0.25) is 0 Å². The van der Waals surface area contributed by atoms with E-state index in [4.69, 9.17) is 0 Å². The third kappa shape index (κ3) is 3.07. The first-order chi connectivity index (χ1) is 9.61. The zero-order chi connectivity index (χ0) is 15.9. The van der Waals surface area contributed by atoms with Crippen LogP contribution < -0.4 is 0 Å². The molecule has 21 heavy (non-hydrogen) atoms. The maximum Gasteiger partial charge on any atom is 0.308 e. The number of hydrogen-bond acceptors (Lipinski definition) is 2. The number of hydrogen-bond donors (Lipinski definition) is 1. The molecule has 1 N–H and O–H groups in total. The molecule has 0 aliphatic carbocycles. The lowest BCUT2D eigenvalue weighted by Crippen LogP contribution is -2.40. The molecule has 2 atom stereocenters. The first kappa shape index (κ1) is 15.9. The van der Waals surface area contributed by atoms with Gasteiger partial charge in [-0.15, -0.1) is 0 Å². The third-order valence-electron chi connectivity index (χ3n) is 4.32. The van der Waals surface area contributed by atoms with E-state index in [1.54, 1.807) is 0 Å². The maximum atomic E-state index is 13.8. The normalized spacial score (nSPS) is 23.5. The largest absolute Gasteiger partial charge is 0.481 e. The topological polar surface area (TPSA) is 40.5 Å². The first-order valence-electron chi connectivity index (χ1n) is 7.04. The van der Waals surface area contributed by atoms with Crippen molar-refractivity contribution in [2.75, 3.05) is 13.1 Å². The van der Waals surface area contributed by atoms with Crippen molar-refractivity contribution in [3.8, 4) is 0 Å². The molecule has 0 radical (unpaired) electrons. The number of carbonyl (C=O) groups is 1. The Bertz CT molecular complexity index is 543. The van der Waals surface area contributed by atoms with E-state index in [1.165, 1.54) is 19.1 Å². The van der Waals surface area contributed by atoms with Crippen LogP contribution in [-0.2, 0) is 4.79 Å². The van der Waals surface area contributed by atoms with E-state index >= 15 is 0 Å². The number of rotatable bonds is 2. The predicted molar refractivity (Wildman–Crippen MR) is 76.3 cm³/mol. The Balaban J connectivity index is 2.39. The average Bonchev–Trinajstić information content (AvgIpc) is 2.80. The summed E-state index contributed by atoms with van der Waals surface area (Å²) in [6.45, 7) is 8.27. The standard InChI is InChI=1S/C16H21F2NO2/c1-9-13(17)5-10(6-14(9)18)11-7-19(16(2,3)4)8-12(11)15(20)21/h5-6,11-12H,7-8H2,1-4H3,(H,20,21). The summed E-state index contributed by atoms with van der Waals surface area (Å²) in [6.07, 6.45) is 0. The quantitative estimate of drug-likeness (QED) is 0.911. The minimum Gasteiger partial charge on any atom is -0.481 e. The van der Waals surface area contributed by atoms with E-state index < -0.39 is 29.4 Å². The van der Waals surface area contributed by atoms with Gasteiger partial charge in [0.25, 0.3) is 0 Å². The van der Waals surface area contributed by atoms with Gasteiger partial charge in [-0.3, -0.25) is 9.69 Å². The molecule has 5 heteroatoms. The highest BCUT2D eigenvalue weighted by Gasteiger charge is 2.42. The number of likely N-dealkylation sites (tertiary alicyclic amines) is 1. The molecule has 2 rings (SSSR count). The van der Waals surface area contributed by atoms with Crippen molar-refractivity contribution in [2.24, 2.45) is 5.92 Å². The van der Waals surface area contributed by atoms with Crippen molar-refractivity contribution < 1.29 is 18.7 Å². The number of carboxylic acids is 1. The van der Waals surface area contributed by atoms with E-state index in [-0.39, 0.29) is 11.1 Å². The molecular formula is C16H21F2NO2. The van der Waals surface area contributed by atoms with Crippen LogP contribution in [0.4, 0.5) is 8.78 Å². The van der Waals surface area contributed by atoms with Crippen LogP contribution in [0, 0.1) is 24.5 Å². The van der Waals surface area contributed by atoms with Crippen LogP contribution in [0.5, 0.6) is 0 Å². The fourth-order valence-corrected chi connectivity index (χ4v) is 2.82. The summed E-state index contributed by atoms with van der Waals surface area (Å²) in [6, 6.07) is 2.54. The van der Waals surface area contributed by atoms with Crippen molar-refractivity contribution in [3.05, 3.63) is 34.9 Å². The van der Waals surface area contributed by atoms with Crippen molar-refractivity contribution in [3.63, 3.8) is 0 Å². The van der Waals surface area contributed by atoms with E-state index in [0.29, 0.717) is 18.7 Å². The fourth-order valence-electron chi connectivity index (χ4n) is 2.82. The lowest BCUT2D eigenvalue weighted by atomic mass is 9.88. The minimum atomic E-state index is -0.923. The van der Waals surface area contributed by atoms with E-state index in [9.17, 15) is 18.7 Å². The molecule has 1 aromatic carbocycles. The average molecular weight is 297 g/mol.